The second-order valence-electron chi connectivity index (χ2n) is 7.29. The van der Waals surface area contributed by atoms with Crippen LogP contribution in [0.3, 0.4) is 0 Å². The van der Waals surface area contributed by atoms with Gasteiger partial charge >= 0.3 is 0 Å². The van der Waals surface area contributed by atoms with E-state index < -0.39 is 5.54 Å². The third-order valence-electron chi connectivity index (χ3n) is 4.64. The van der Waals surface area contributed by atoms with Crippen molar-refractivity contribution < 1.29 is 9.53 Å². The summed E-state index contributed by atoms with van der Waals surface area (Å²) < 4.78 is 6.04. The average Bonchev–Trinajstić information content (AvgIpc) is 3.33. The summed E-state index contributed by atoms with van der Waals surface area (Å²) in [5, 5.41) is 2.87. The number of carbonyl (C=O) groups is 1. The maximum absolute atomic E-state index is 12.0. The van der Waals surface area contributed by atoms with Gasteiger partial charge in [-0.05, 0) is 60.6 Å². The fraction of sp³-hybridized carbons (Fsp3) is 0.381. The van der Waals surface area contributed by atoms with Crippen molar-refractivity contribution >= 4 is 11.6 Å². The first-order chi connectivity index (χ1) is 11.9. The lowest BCUT2D eigenvalue weighted by molar-refractivity contribution is -0.118. The molecule has 132 valence electrons. The van der Waals surface area contributed by atoms with E-state index in [1.165, 1.54) is 11.1 Å². The number of aryl methyl sites for hydroxylation is 1. The number of benzene rings is 2. The first kappa shape index (κ1) is 17.5. The summed E-state index contributed by atoms with van der Waals surface area (Å²) in [4.78, 5) is 12.0. The molecule has 1 fully saturated rings. The van der Waals surface area contributed by atoms with Crippen molar-refractivity contribution in [3.63, 3.8) is 0 Å². The van der Waals surface area contributed by atoms with E-state index in [0.29, 0.717) is 12.5 Å². The number of anilines is 1. The minimum Gasteiger partial charge on any atom is -0.489 e. The molecule has 2 aromatic carbocycles. The van der Waals surface area contributed by atoms with Crippen LogP contribution in [0.5, 0.6) is 5.75 Å². The zero-order chi connectivity index (χ0) is 18.0. The number of ether oxygens (including phenoxy) is 1. The molecular formula is C21H26N2O2. The van der Waals surface area contributed by atoms with Crippen LogP contribution >= 0.6 is 0 Å². The van der Waals surface area contributed by atoms with Gasteiger partial charge in [-0.15, -0.1) is 0 Å². The molecule has 0 bridgehead atoms. The van der Waals surface area contributed by atoms with Crippen molar-refractivity contribution in [3.8, 4) is 5.75 Å². The van der Waals surface area contributed by atoms with E-state index in [-0.39, 0.29) is 5.91 Å². The molecule has 3 rings (SSSR count). The quantitative estimate of drug-likeness (QED) is 0.832. The van der Waals surface area contributed by atoms with Crippen LogP contribution in [0.15, 0.2) is 42.5 Å². The molecule has 3 N–H and O–H groups in total. The van der Waals surface area contributed by atoms with Crippen molar-refractivity contribution in [2.45, 2.75) is 51.7 Å². The highest BCUT2D eigenvalue weighted by Gasteiger charge is 2.45. The number of amides is 1. The second kappa shape index (κ2) is 6.89. The summed E-state index contributed by atoms with van der Waals surface area (Å²) in [6.07, 6.45) is 1.53. The van der Waals surface area contributed by atoms with Crippen LogP contribution in [0.4, 0.5) is 5.69 Å². The zero-order valence-corrected chi connectivity index (χ0v) is 15.1. The Balaban J connectivity index is 1.62. The van der Waals surface area contributed by atoms with Crippen LogP contribution in [0.2, 0.25) is 0 Å². The molecule has 25 heavy (non-hydrogen) atoms. The molecule has 4 heteroatoms. The van der Waals surface area contributed by atoms with Crippen LogP contribution < -0.4 is 15.8 Å². The molecule has 1 saturated carbocycles. The molecule has 0 saturated heterocycles. The maximum atomic E-state index is 12.0. The lowest BCUT2D eigenvalue weighted by Gasteiger charge is -2.15. The Morgan fingerprint density at radius 3 is 2.48 bits per heavy atom. The highest BCUT2D eigenvalue weighted by molar-refractivity contribution is 6.00. The maximum Gasteiger partial charge on any atom is 0.244 e. The van der Waals surface area contributed by atoms with Gasteiger partial charge in [-0.2, -0.15) is 0 Å². The third kappa shape index (κ3) is 4.20. The van der Waals surface area contributed by atoms with Gasteiger partial charge in [-0.3, -0.25) is 4.79 Å². The Morgan fingerprint density at radius 2 is 1.88 bits per heavy atom. The van der Waals surface area contributed by atoms with E-state index in [4.69, 9.17) is 10.5 Å². The molecule has 0 unspecified atom stereocenters. The van der Waals surface area contributed by atoms with Gasteiger partial charge in [0.2, 0.25) is 5.91 Å². The molecule has 1 aliphatic rings. The molecule has 0 heterocycles. The van der Waals surface area contributed by atoms with Gasteiger partial charge in [0.15, 0.2) is 0 Å². The number of carbonyl (C=O) groups excluding carboxylic acids is 1. The van der Waals surface area contributed by atoms with Gasteiger partial charge in [0.05, 0.1) is 5.54 Å². The molecule has 0 aromatic heterocycles. The minimum atomic E-state index is -0.653. The second-order valence-corrected chi connectivity index (χ2v) is 7.29. The van der Waals surface area contributed by atoms with Crippen LogP contribution in [0, 0.1) is 6.92 Å². The van der Waals surface area contributed by atoms with Crippen LogP contribution in [0.1, 0.15) is 49.3 Å². The summed E-state index contributed by atoms with van der Waals surface area (Å²) >= 11 is 0. The SMILES string of the molecule is Cc1ccc(C(C)C)c(OCc2ccc(NC(=O)C3(N)CC3)cc2)c1. The lowest BCUT2D eigenvalue weighted by Crippen LogP contribution is -2.37. The fourth-order valence-corrected chi connectivity index (χ4v) is 2.71. The van der Waals surface area contributed by atoms with Crippen LogP contribution in [-0.2, 0) is 11.4 Å². The zero-order valence-electron chi connectivity index (χ0n) is 15.1. The summed E-state index contributed by atoms with van der Waals surface area (Å²) in [6, 6.07) is 14.1. The third-order valence-corrected chi connectivity index (χ3v) is 4.64. The van der Waals surface area contributed by atoms with E-state index >= 15 is 0 Å². The Bertz CT molecular complexity index is 762. The van der Waals surface area contributed by atoms with Crippen molar-refractivity contribution in [2.75, 3.05) is 5.32 Å². The Hall–Kier alpha value is -2.33. The van der Waals surface area contributed by atoms with Crippen molar-refractivity contribution in [3.05, 3.63) is 59.2 Å². The molecule has 0 atom stereocenters. The van der Waals surface area contributed by atoms with Crippen LogP contribution in [0.25, 0.3) is 0 Å². The fourth-order valence-electron chi connectivity index (χ4n) is 2.71. The van der Waals surface area contributed by atoms with Crippen molar-refractivity contribution in [1.82, 2.24) is 0 Å². The monoisotopic (exact) mass is 338 g/mol. The summed E-state index contributed by atoms with van der Waals surface area (Å²) in [6.45, 7) is 6.90. The topological polar surface area (TPSA) is 64.3 Å². The molecule has 1 aliphatic carbocycles. The Morgan fingerprint density at radius 1 is 1.20 bits per heavy atom. The lowest BCUT2D eigenvalue weighted by atomic mass is 10.0. The Kier molecular flexibility index (Phi) is 4.82. The van der Waals surface area contributed by atoms with Gasteiger partial charge in [-0.25, -0.2) is 0 Å². The van der Waals surface area contributed by atoms with Gasteiger partial charge < -0.3 is 15.8 Å². The number of nitrogens with one attached hydrogen (secondary N) is 1. The van der Waals surface area contributed by atoms with E-state index in [1.54, 1.807) is 0 Å². The molecule has 0 aliphatic heterocycles. The highest BCUT2D eigenvalue weighted by atomic mass is 16.5. The first-order valence-corrected chi connectivity index (χ1v) is 8.80. The predicted molar refractivity (Wildman–Crippen MR) is 101 cm³/mol. The highest BCUT2D eigenvalue weighted by Crippen LogP contribution is 2.33. The normalized spacial score (nSPS) is 15.1. The first-order valence-electron chi connectivity index (χ1n) is 8.80. The predicted octanol–water partition coefficient (Wildman–Crippen LogP) is 4.13. The standard InChI is InChI=1S/C21H26N2O2/c1-14(2)18-9-4-15(3)12-19(18)25-13-16-5-7-17(8-6-16)23-20(24)21(22)10-11-21/h4-9,12,14H,10-11,13,22H2,1-3H3,(H,23,24). The molecule has 0 spiro atoms. The van der Waals surface area contributed by atoms with Gasteiger partial charge in [0, 0.05) is 5.69 Å². The smallest absolute Gasteiger partial charge is 0.244 e. The summed E-state index contributed by atoms with van der Waals surface area (Å²) in [5.41, 5.74) is 9.48. The molecule has 1 amide bonds. The Labute approximate surface area is 149 Å². The molecule has 2 aromatic rings. The van der Waals surface area contributed by atoms with E-state index in [0.717, 1.165) is 29.8 Å². The van der Waals surface area contributed by atoms with Crippen molar-refractivity contribution in [1.29, 1.82) is 0 Å². The minimum absolute atomic E-state index is 0.0992. The largest absolute Gasteiger partial charge is 0.489 e. The molecule has 4 nitrogen and oxygen atoms in total. The molecular weight excluding hydrogens is 312 g/mol. The molecule has 0 radical (unpaired) electrons. The number of hydrogen-bond acceptors (Lipinski definition) is 3. The number of nitrogens with two attached hydrogens (primary N) is 1. The van der Waals surface area contributed by atoms with Gasteiger partial charge in [-0.1, -0.05) is 38.1 Å². The van der Waals surface area contributed by atoms with Crippen LogP contribution in [-0.4, -0.2) is 11.4 Å². The van der Waals surface area contributed by atoms with E-state index in [2.05, 4.69) is 44.3 Å². The average molecular weight is 338 g/mol. The number of rotatable bonds is 6. The number of hydrogen-bond donors (Lipinski definition) is 2. The summed E-state index contributed by atoms with van der Waals surface area (Å²) in [7, 11) is 0. The van der Waals surface area contributed by atoms with E-state index in [9.17, 15) is 4.79 Å². The summed E-state index contributed by atoms with van der Waals surface area (Å²) in [5.74, 6) is 1.25. The van der Waals surface area contributed by atoms with Gasteiger partial charge in [0.1, 0.15) is 12.4 Å². The van der Waals surface area contributed by atoms with E-state index in [1.807, 2.05) is 24.3 Å². The van der Waals surface area contributed by atoms with Gasteiger partial charge in [0.25, 0.3) is 0 Å². The van der Waals surface area contributed by atoms with Crippen molar-refractivity contribution in [2.24, 2.45) is 5.73 Å².